The molecule has 57 valence electrons. The molecule has 0 aliphatic carbocycles. The van der Waals surface area contributed by atoms with Crippen molar-refractivity contribution in [3.63, 3.8) is 0 Å². The highest BCUT2D eigenvalue weighted by Gasteiger charge is 2.04. The van der Waals surface area contributed by atoms with E-state index >= 15 is 0 Å². The van der Waals surface area contributed by atoms with Gasteiger partial charge in [0.15, 0.2) is 0 Å². The largest absolute Gasteiger partial charge is 0.377 e. The first-order valence-electron chi connectivity index (χ1n) is 4.03. The Hall–Kier alpha value is -0.460. The summed E-state index contributed by atoms with van der Waals surface area (Å²) in [6, 6.07) is 0. The van der Waals surface area contributed by atoms with Crippen molar-refractivity contribution in [3.05, 3.63) is 18.7 Å². The number of hydrogen-bond donors (Lipinski definition) is 0. The molecule has 0 atom stereocenters. The van der Waals surface area contributed by atoms with E-state index in [9.17, 15) is 0 Å². The van der Waals surface area contributed by atoms with Gasteiger partial charge in [0.2, 0.25) is 0 Å². The maximum atomic E-state index is 3.85. The summed E-state index contributed by atoms with van der Waals surface area (Å²) in [6.07, 6.45) is 6.27. The van der Waals surface area contributed by atoms with Crippen LogP contribution in [0, 0.1) is 6.92 Å². The van der Waals surface area contributed by atoms with Gasteiger partial charge in [0.05, 0.1) is 0 Å². The minimum atomic E-state index is 1.17. The first-order valence-corrected chi connectivity index (χ1v) is 4.03. The zero-order chi connectivity index (χ0) is 7.40. The van der Waals surface area contributed by atoms with Gasteiger partial charge in [0, 0.05) is 13.1 Å². The van der Waals surface area contributed by atoms with E-state index in [0.717, 1.165) is 0 Å². The molecule has 0 N–H and O–H groups in total. The minimum Gasteiger partial charge on any atom is -0.377 e. The molecule has 1 nitrogen and oxygen atoms in total. The normalized spacial score (nSPS) is 21.4. The average molecular weight is 138 g/mol. The number of hydrogen-bond acceptors (Lipinski definition) is 1. The van der Waals surface area contributed by atoms with Crippen LogP contribution in [0.5, 0.6) is 0 Å². The molecule has 0 unspecified atom stereocenters. The summed E-state index contributed by atoms with van der Waals surface area (Å²) in [6.45, 7) is 8.36. The molecular weight excluding hydrogens is 122 g/mol. The molecular formula is C9H16N. The lowest BCUT2D eigenvalue weighted by atomic mass is 10.1. The number of nitrogens with zero attached hydrogens (tertiary/aromatic N) is 1. The standard InChI is InChI=1S/C9H16N/c1-9(2)8-10-6-4-3-5-7-10/h8H,1,3-7H2,2H3. The Morgan fingerprint density at radius 1 is 1.30 bits per heavy atom. The van der Waals surface area contributed by atoms with Crippen LogP contribution in [0.25, 0.3) is 0 Å². The van der Waals surface area contributed by atoms with E-state index in [1.54, 1.807) is 0 Å². The molecule has 0 aromatic rings. The van der Waals surface area contributed by atoms with E-state index in [1.165, 1.54) is 37.9 Å². The topological polar surface area (TPSA) is 3.24 Å². The van der Waals surface area contributed by atoms with Crippen molar-refractivity contribution in [1.82, 2.24) is 4.90 Å². The molecule has 0 spiro atoms. The Balaban J connectivity index is 2.33. The molecule has 0 amide bonds. The third-order valence-corrected chi connectivity index (χ3v) is 1.79. The van der Waals surface area contributed by atoms with Gasteiger partial charge in [-0.15, -0.1) is 0 Å². The number of likely N-dealkylation sites (tertiary alicyclic amines) is 1. The van der Waals surface area contributed by atoms with Crippen LogP contribution >= 0.6 is 0 Å². The third-order valence-electron chi connectivity index (χ3n) is 1.79. The van der Waals surface area contributed by atoms with E-state index in [0.29, 0.717) is 0 Å². The lowest BCUT2D eigenvalue weighted by Gasteiger charge is -2.25. The van der Waals surface area contributed by atoms with Crippen molar-refractivity contribution in [1.29, 1.82) is 0 Å². The van der Waals surface area contributed by atoms with Gasteiger partial charge in [-0.05, 0) is 39.3 Å². The van der Waals surface area contributed by atoms with Crippen molar-refractivity contribution in [2.24, 2.45) is 0 Å². The van der Waals surface area contributed by atoms with Crippen molar-refractivity contribution in [2.45, 2.75) is 26.2 Å². The van der Waals surface area contributed by atoms with Gasteiger partial charge in [-0.2, -0.15) is 0 Å². The summed E-state index contributed by atoms with van der Waals surface area (Å²) in [4.78, 5) is 2.37. The molecule has 1 rings (SSSR count). The second-order valence-electron chi connectivity index (χ2n) is 3.07. The van der Waals surface area contributed by atoms with Crippen molar-refractivity contribution < 1.29 is 0 Å². The highest BCUT2D eigenvalue weighted by atomic mass is 15.1. The summed E-state index contributed by atoms with van der Waals surface area (Å²) in [7, 11) is 0. The van der Waals surface area contributed by atoms with Gasteiger partial charge in [-0.25, -0.2) is 0 Å². The summed E-state index contributed by atoms with van der Waals surface area (Å²) < 4.78 is 0. The van der Waals surface area contributed by atoms with Crippen molar-refractivity contribution in [2.75, 3.05) is 13.1 Å². The Kier molecular flexibility index (Phi) is 2.79. The fourth-order valence-electron chi connectivity index (χ4n) is 1.36. The van der Waals surface area contributed by atoms with Gasteiger partial charge in [-0.3, -0.25) is 0 Å². The van der Waals surface area contributed by atoms with Gasteiger partial charge >= 0.3 is 0 Å². The molecule has 0 aromatic heterocycles. The maximum absolute atomic E-state index is 3.85. The summed E-state index contributed by atoms with van der Waals surface area (Å²) in [5.41, 5.74) is 1.17. The van der Waals surface area contributed by atoms with Gasteiger partial charge < -0.3 is 4.90 Å². The molecule has 1 aliphatic heterocycles. The lowest BCUT2D eigenvalue weighted by molar-refractivity contribution is 0.308. The number of rotatable bonds is 1. The third kappa shape index (κ3) is 2.42. The molecule has 1 fully saturated rings. The Labute approximate surface area is 63.7 Å². The zero-order valence-electron chi connectivity index (χ0n) is 6.77. The van der Waals surface area contributed by atoms with Crippen LogP contribution < -0.4 is 0 Å². The van der Waals surface area contributed by atoms with Gasteiger partial charge in [-0.1, -0.05) is 5.57 Å². The quantitative estimate of drug-likeness (QED) is 0.537. The Morgan fingerprint density at radius 3 is 2.40 bits per heavy atom. The smallest absolute Gasteiger partial charge is 0.0172 e. The van der Waals surface area contributed by atoms with Crippen molar-refractivity contribution in [3.8, 4) is 0 Å². The van der Waals surface area contributed by atoms with Crippen LogP contribution in [0.2, 0.25) is 0 Å². The van der Waals surface area contributed by atoms with Crippen LogP contribution in [-0.4, -0.2) is 18.0 Å². The second kappa shape index (κ2) is 3.65. The average Bonchev–Trinajstić information content (AvgIpc) is 1.88. The van der Waals surface area contributed by atoms with Crippen LogP contribution in [0.4, 0.5) is 0 Å². The number of piperidine rings is 1. The van der Waals surface area contributed by atoms with Crippen LogP contribution in [-0.2, 0) is 0 Å². The summed E-state index contributed by atoms with van der Waals surface area (Å²) in [5.74, 6) is 0. The van der Waals surface area contributed by atoms with E-state index in [4.69, 9.17) is 0 Å². The van der Waals surface area contributed by atoms with Gasteiger partial charge in [0.1, 0.15) is 0 Å². The second-order valence-corrected chi connectivity index (χ2v) is 3.07. The van der Waals surface area contributed by atoms with Crippen LogP contribution in [0.15, 0.2) is 11.8 Å². The molecule has 10 heavy (non-hydrogen) atoms. The molecule has 1 radical (unpaired) electrons. The number of allylic oxidation sites excluding steroid dienone is 1. The van der Waals surface area contributed by atoms with E-state index < -0.39 is 0 Å². The van der Waals surface area contributed by atoms with E-state index in [1.807, 2.05) is 0 Å². The van der Waals surface area contributed by atoms with Crippen LogP contribution in [0.1, 0.15) is 26.2 Å². The molecule has 1 aliphatic rings. The molecule has 1 heterocycles. The zero-order valence-corrected chi connectivity index (χ0v) is 6.77. The predicted octanol–water partition coefficient (Wildman–Crippen LogP) is 2.21. The molecule has 0 aromatic carbocycles. The van der Waals surface area contributed by atoms with Crippen LogP contribution in [0.3, 0.4) is 0 Å². The van der Waals surface area contributed by atoms with E-state index in [-0.39, 0.29) is 0 Å². The molecule has 1 saturated heterocycles. The molecule has 0 bridgehead atoms. The molecule has 0 saturated carbocycles. The highest BCUT2D eigenvalue weighted by Crippen LogP contribution is 2.09. The minimum absolute atomic E-state index is 1.17. The monoisotopic (exact) mass is 138 g/mol. The SMILES string of the molecule is [CH2]C(C)=CN1CCCCC1. The summed E-state index contributed by atoms with van der Waals surface area (Å²) in [5, 5.41) is 0. The maximum Gasteiger partial charge on any atom is 0.0172 e. The van der Waals surface area contributed by atoms with Crippen molar-refractivity contribution >= 4 is 0 Å². The molecule has 1 heteroatoms. The summed E-state index contributed by atoms with van der Waals surface area (Å²) >= 11 is 0. The highest BCUT2D eigenvalue weighted by molar-refractivity contribution is 5.00. The van der Waals surface area contributed by atoms with E-state index in [2.05, 4.69) is 24.9 Å². The fraction of sp³-hybridized carbons (Fsp3) is 0.667. The first-order chi connectivity index (χ1) is 4.79. The Morgan fingerprint density at radius 2 is 1.90 bits per heavy atom. The fourth-order valence-corrected chi connectivity index (χ4v) is 1.36. The van der Waals surface area contributed by atoms with Gasteiger partial charge in [0.25, 0.3) is 0 Å². The first kappa shape index (κ1) is 7.64. The Bertz CT molecular complexity index is 117. The predicted molar refractivity (Wildman–Crippen MR) is 44.5 cm³/mol. The lowest BCUT2D eigenvalue weighted by Crippen LogP contribution is -2.24.